The van der Waals surface area contributed by atoms with Crippen LogP contribution in [0.5, 0.6) is 5.75 Å². The first kappa shape index (κ1) is 14.5. The molecule has 0 fully saturated rings. The van der Waals surface area contributed by atoms with Gasteiger partial charge in [-0.3, -0.25) is 4.68 Å². The SMILES string of the molecule is CCCNCc1cc(F)cc(OCCn2cccn2)c1. The lowest BCUT2D eigenvalue weighted by Crippen LogP contribution is -2.14. The van der Waals surface area contributed by atoms with E-state index in [4.69, 9.17) is 4.74 Å². The van der Waals surface area contributed by atoms with Gasteiger partial charge in [0.2, 0.25) is 0 Å². The second kappa shape index (κ2) is 7.65. The van der Waals surface area contributed by atoms with E-state index in [0.29, 0.717) is 25.4 Å². The van der Waals surface area contributed by atoms with Crippen LogP contribution in [0, 0.1) is 5.82 Å². The van der Waals surface area contributed by atoms with E-state index >= 15 is 0 Å². The number of hydrogen-bond donors (Lipinski definition) is 1. The Morgan fingerprint density at radius 3 is 3.00 bits per heavy atom. The third kappa shape index (κ3) is 4.66. The first-order valence-electron chi connectivity index (χ1n) is 6.88. The molecule has 0 aliphatic rings. The minimum absolute atomic E-state index is 0.269. The number of hydrogen-bond acceptors (Lipinski definition) is 3. The van der Waals surface area contributed by atoms with E-state index in [1.165, 1.54) is 12.1 Å². The summed E-state index contributed by atoms with van der Waals surface area (Å²) in [6, 6.07) is 6.67. The summed E-state index contributed by atoms with van der Waals surface area (Å²) in [5.41, 5.74) is 0.896. The second-order valence-corrected chi connectivity index (χ2v) is 4.59. The Bertz CT molecular complexity index is 514. The Balaban J connectivity index is 1.86. The zero-order valence-corrected chi connectivity index (χ0v) is 11.7. The molecule has 0 atom stereocenters. The van der Waals surface area contributed by atoms with Gasteiger partial charge in [-0.2, -0.15) is 5.10 Å². The molecule has 1 aromatic heterocycles. The van der Waals surface area contributed by atoms with Crippen molar-refractivity contribution in [1.82, 2.24) is 15.1 Å². The molecule has 4 nitrogen and oxygen atoms in total. The molecule has 2 rings (SSSR count). The highest BCUT2D eigenvalue weighted by Gasteiger charge is 2.02. The largest absolute Gasteiger partial charge is 0.492 e. The molecule has 108 valence electrons. The Morgan fingerprint density at radius 2 is 2.25 bits per heavy atom. The van der Waals surface area contributed by atoms with Crippen LogP contribution in [0.25, 0.3) is 0 Å². The summed E-state index contributed by atoms with van der Waals surface area (Å²) in [4.78, 5) is 0. The predicted molar refractivity (Wildman–Crippen MR) is 76.1 cm³/mol. The van der Waals surface area contributed by atoms with E-state index in [2.05, 4.69) is 17.3 Å². The summed E-state index contributed by atoms with van der Waals surface area (Å²) >= 11 is 0. The number of aromatic nitrogens is 2. The first-order valence-corrected chi connectivity index (χ1v) is 6.88. The van der Waals surface area contributed by atoms with Gasteiger partial charge in [0, 0.05) is 25.0 Å². The van der Waals surface area contributed by atoms with Crippen molar-refractivity contribution in [3.63, 3.8) is 0 Å². The zero-order valence-electron chi connectivity index (χ0n) is 11.7. The fraction of sp³-hybridized carbons (Fsp3) is 0.400. The second-order valence-electron chi connectivity index (χ2n) is 4.59. The zero-order chi connectivity index (χ0) is 14.2. The smallest absolute Gasteiger partial charge is 0.127 e. The molecule has 1 heterocycles. The van der Waals surface area contributed by atoms with E-state index in [9.17, 15) is 4.39 Å². The molecule has 20 heavy (non-hydrogen) atoms. The summed E-state index contributed by atoms with van der Waals surface area (Å²) in [5.74, 6) is 0.292. The van der Waals surface area contributed by atoms with Crippen LogP contribution in [0.1, 0.15) is 18.9 Å². The van der Waals surface area contributed by atoms with Gasteiger partial charge in [0.05, 0.1) is 6.54 Å². The topological polar surface area (TPSA) is 39.1 Å². The lowest BCUT2D eigenvalue weighted by Gasteiger charge is -2.09. The fourth-order valence-corrected chi connectivity index (χ4v) is 1.91. The Morgan fingerprint density at radius 1 is 1.35 bits per heavy atom. The third-order valence-electron chi connectivity index (χ3n) is 2.84. The van der Waals surface area contributed by atoms with Gasteiger partial charge in [-0.25, -0.2) is 4.39 Å². The minimum Gasteiger partial charge on any atom is -0.492 e. The molecule has 0 bridgehead atoms. The molecule has 0 saturated heterocycles. The average molecular weight is 277 g/mol. The molecule has 0 aliphatic heterocycles. The van der Waals surface area contributed by atoms with Crippen LogP contribution in [0.2, 0.25) is 0 Å². The summed E-state index contributed by atoms with van der Waals surface area (Å²) < 4.78 is 20.9. The van der Waals surface area contributed by atoms with Crippen LogP contribution >= 0.6 is 0 Å². The first-order chi connectivity index (χ1) is 9.78. The molecule has 5 heteroatoms. The standard InChI is InChI=1S/C15H20FN3O/c1-2-4-17-12-13-9-14(16)11-15(10-13)20-8-7-19-6-3-5-18-19/h3,5-6,9-11,17H,2,4,7-8,12H2,1H3. The molecule has 0 unspecified atom stereocenters. The highest BCUT2D eigenvalue weighted by molar-refractivity contribution is 5.29. The molecule has 0 amide bonds. The van der Waals surface area contributed by atoms with Gasteiger partial charge >= 0.3 is 0 Å². The Kier molecular flexibility index (Phi) is 5.55. The van der Waals surface area contributed by atoms with Gasteiger partial charge in [-0.05, 0) is 36.7 Å². The minimum atomic E-state index is -0.269. The molecule has 2 aromatic rings. The Hall–Kier alpha value is -1.88. The maximum absolute atomic E-state index is 13.5. The average Bonchev–Trinajstić information content (AvgIpc) is 2.92. The van der Waals surface area contributed by atoms with Gasteiger partial charge in [-0.1, -0.05) is 6.92 Å². The summed E-state index contributed by atoms with van der Waals surface area (Å²) in [6.07, 6.45) is 4.65. The summed E-state index contributed by atoms with van der Waals surface area (Å²) in [7, 11) is 0. The third-order valence-corrected chi connectivity index (χ3v) is 2.84. The highest BCUT2D eigenvalue weighted by atomic mass is 19.1. The van der Waals surface area contributed by atoms with Crippen molar-refractivity contribution in [2.24, 2.45) is 0 Å². The molecule has 0 aliphatic carbocycles. The van der Waals surface area contributed by atoms with Crippen LogP contribution in [-0.4, -0.2) is 22.9 Å². The van der Waals surface area contributed by atoms with Crippen LogP contribution in [0.4, 0.5) is 4.39 Å². The molecule has 0 spiro atoms. The number of nitrogens with zero attached hydrogens (tertiary/aromatic N) is 2. The monoisotopic (exact) mass is 277 g/mol. The van der Waals surface area contributed by atoms with Crippen LogP contribution < -0.4 is 10.1 Å². The summed E-state index contributed by atoms with van der Waals surface area (Å²) in [6.45, 7) is 4.79. The van der Waals surface area contributed by atoms with Crippen LogP contribution in [0.15, 0.2) is 36.7 Å². The lowest BCUT2D eigenvalue weighted by atomic mass is 10.2. The Labute approximate surface area is 118 Å². The van der Waals surface area contributed by atoms with Gasteiger partial charge < -0.3 is 10.1 Å². The number of halogens is 1. The molecule has 0 saturated carbocycles. The van der Waals surface area contributed by atoms with Crippen LogP contribution in [0.3, 0.4) is 0 Å². The van der Waals surface area contributed by atoms with Crippen molar-refractivity contribution in [3.8, 4) is 5.75 Å². The fourth-order valence-electron chi connectivity index (χ4n) is 1.91. The van der Waals surface area contributed by atoms with Crippen molar-refractivity contribution >= 4 is 0 Å². The van der Waals surface area contributed by atoms with Gasteiger partial charge in [0.1, 0.15) is 18.2 Å². The molecule has 1 aromatic carbocycles. The maximum Gasteiger partial charge on any atom is 0.127 e. The van der Waals surface area contributed by atoms with Gasteiger partial charge in [0.15, 0.2) is 0 Å². The highest BCUT2D eigenvalue weighted by Crippen LogP contribution is 2.16. The molecule has 0 radical (unpaired) electrons. The number of nitrogens with one attached hydrogen (secondary N) is 1. The van der Waals surface area contributed by atoms with E-state index in [1.807, 2.05) is 18.3 Å². The van der Waals surface area contributed by atoms with Crippen molar-refractivity contribution in [2.75, 3.05) is 13.2 Å². The predicted octanol–water partition coefficient (Wildman–Crippen LogP) is 2.60. The molecule has 1 N–H and O–H groups in total. The van der Waals surface area contributed by atoms with Gasteiger partial charge in [-0.15, -0.1) is 0 Å². The normalized spacial score (nSPS) is 10.7. The van der Waals surface area contributed by atoms with E-state index in [0.717, 1.165) is 18.5 Å². The molecular formula is C15H20FN3O. The van der Waals surface area contributed by atoms with Crippen molar-refractivity contribution in [3.05, 3.63) is 48.0 Å². The number of benzene rings is 1. The van der Waals surface area contributed by atoms with Crippen LogP contribution in [-0.2, 0) is 13.1 Å². The summed E-state index contributed by atoms with van der Waals surface area (Å²) in [5, 5.41) is 7.33. The molecular weight excluding hydrogens is 257 g/mol. The maximum atomic E-state index is 13.5. The number of ether oxygens (including phenoxy) is 1. The van der Waals surface area contributed by atoms with E-state index in [-0.39, 0.29) is 5.82 Å². The van der Waals surface area contributed by atoms with Gasteiger partial charge in [0.25, 0.3) is 0 Å². The van der Waals surface area contributed by atoms with E-state index < -0.39 is 0 Å². The van der Waals surface area contributed by atoms with Crippen molar-refractivity contribution in [1.29, 1.82) is 0 Å². The van der Waals surface area contributed by atoms with E-state index in [1.54, 1.807) is 10.9 Å². The van der Waals surface area contributed by atoms with Crippen molar-refractivity contribution in [2.45, 2.75) is 26.4 Å². The number of rotatable bonds is 8. The lowest BCUT2D eigenvalue weighted by molar-refractivity contribution is 0.289. The quantitative estimate of drug-likeness (QED) is 0.754. The van der Waals surface area contributed by atoms with Crippen molar-refractivity contribution < 1.29 is 9.13 Å².